The van der Waals surface area contributed by atoms with Crippen molar-refractivity contribution in [2.45, 2.75) is 19.3 Å². The number of benzene rings is 1. The second-order valence-corrected chi connectivity index (χ2v) is 4.19. The minimum Gasteiger partial charge on any atom is -0.481 e. The number of carboxylic acids is 1. The van der Waals surface area contributed by atoms with Gasteiger partial charge in [0.1, 0.15) is 0 Å². The summed E-state index contributed by atoms with van der Waals surface area (Å²) < 4.78 is 0.946. The third-order valence-corrected chi connectivity index (χ3v) is 3.13. The molecule has 0 aromatic heterocycles. The molecule has 0 aliphatic heterocycles. The number of rotatable bonds is 4. The van der Waals surface area contributed by atoms with Crippen LogP contribution in [-0.4, -0.2) is 17.6 Å². The van der Waals surface area contributed by atoms with E-state index in [0.717, 1.165) is 16.5 Å². The lowest BCUT2D eigenvalue weighted by Gasteiger charge is -2.11. The lowest BCUT2D eigenvalue weighted by atomic mass is 9.98. The number of carbonyl (C=O) groups is 1. The number of carboxylic acid groups (broad SMARTS) is 1. The van der Waals surface area contributed by atoms with E-state index in [1.165, 1.54) is 5.56 Å². The van der Waals surface area contributed by atoms with Gasteiger partial charge in [0.25, 0.3) is 0 Å². The third-order valence-electron chi connectivity index (χ3n) is 2.39. The fourth-order valence-corrected chi connectivity index (χ4v) is 2.12. The Morgan fingerprint density at radius 1 is 1.60 bits per heavy atom. The van der Waals surface area contributed by atoms with E-state index >= 15 is 0 Å². The third kappa shape index (κ3) is 2.79. The highest BCUT2D eigenvalue weighted by atomic mass is 79.9. The molecule has 0 fully saturated rings. The van der Waals surface area contributed by atoms with Gasteiger partial charge >= 0.3 is 5.97 Å². The van der Waals surface area contributed by atoms with Crippen molar-refractivity contribution in [3.63, 3.8) is 0 Å². The molecule has 0 radical (unpaired) electrons. The SMILES string of the molecule is CCc1ccc(C(CN)C(=O)O)cc1Br. The summed E-state index contributed by atoms with van der Waals surface area (Å²) in [6, 6.07) is 5.60. The predicted octanol–water partition coefficient (Wildman–Crippen LogP) is 2.14. The number of halogens is 1. The van der Waals surface area contributed by atoms with Crippen molar-refractivity contribution in [1.82, 2.24) is 0 Å². The molecule has 0 saturated carbocycles. The molecule has 0 bridgehead atoms. The zero-order chi connectivity index (χ0) is 11.4. The minimum atomic E-state index is -0.881. The van der Waals surface area contributed by atoms with E-state index in [-0.39, 0.29) is 6.54 Å². The normalized spacial score (nSPS) is 12.5. The molecule has 3 nitrogen and oxygen atoms in total. The first-order chi connectivity index (χ1) is 7.10. The second-order valence-electron chi connectivity index (χ2n) is 3.33. The highest BCUT2D eigenvalue weighted by molar-refractivity contribution is 9.10. The minimum absolute atomic E-state index is 0.118. The zero-order valence-electron chi connectivity index (χ0n) is 8.53. The van der Waals surface area contributed by atoms with Crippen molar-refractivity contribution in [3.8, 4) is 0 Å². The molecule has 0 aliphatic rings. The summed E-state index contributed by atoms with van der Waals surface area (Å²) in [6.07, 6.45) is 0.918. The van der Waals surface area contributed by atoms with E-state index in [2.05, 4.69) is 22.9 Å². The van der Waals surface area contributed by atoms with Crippen LogP contribution in [-0.2, 0) is 11.2 Å². The molecule has 1 rings (SSSR count). The molecule has 0 aliphatic carbocycles. The number of aryl methyl sites for hydroxylation is 1. The van der Waals surface area contributed by atoms with Gasteiger partial charge in [-0.15, -0.1) is 0 Å². The lowest BCUT2D eigenvalue weighted by Crippen LogP contribution is -2.21. The molecule has 3 N–H and O–H groups in total. The molecule has 0 saturated heterocycles. The number of aliphatic carboxylic acids is 1. The molecule has 1 aromatic carbocycles. The van der Waals surface area contributed by atoms with Crippen LogP contribution in [0.1, 0.15) is 24.0 Å². The van der Waals surface area contributed by atoms with Crippen LogP contribution >= 0.6 is 15.9 Å². The first-order valence-electron chi connectivity index (χ1n) is 4.81. The summed E-state index contributed by atoms with van der Waals surface area (Å²) >= 11 is 3.42. The van der Waals surface area contributed by atoms with Crippen LogP contribution in [0.3, 0.4) is 0 Å². The van der Waals surface area contributed by atoms with Gasteiger partial charge in [-0.1, -0.05) is 35.0 Å². The Labute approximate surface area is 97.4 Å². The van der Waals surface area contributed by atoms with Gasteiger partial charge in [-0.25, -0.2) is 0 Å². The number of hydrogen-bond donors (Lipinski definition) is 2. The maximum Gasteiger partial charge on any atom is 0.312 e. The van der Waals surface area contributed by atoms with Crippen LogP contribution in [0, 0.1) is 0 Å². The van der Waals surface area contributed by atoms with Crippen LogP contribution in [0.15, 0.2) is 22.7 Å². The van der Waals surface area contributed by atoms with Crippen molar-refractivity contribution < 1.29 is 9.90 Å². The van der Waals surface area contributed by atoms with E-state index in [1.54, 1.807) is 0 Å². The van der Waals surface area contributed by atoms with E-state index < -0.39 is 11.9 Å². The van der Waals surface area contributed by atoms with Gasteiger partial charge in [0.15, 0.2) is 0 Å². The van der Waals surface area contributed by atoms with Crippen LogP contribution in [0.5, 0.6) is 0 Å². The highest BCUT2D eigenvalue weighted by Gasteiger charge is 2.18. The lowest BCUT2D eigenvalue weighted by molar-refractivity contribution is -0.138. The summed E-state index contributed by atoms with van der Waals surface area (Å²) in [5, 5.41) is 8.95. The van der Waals surface area contributed by atoms with Crippen molar-refractivity contribution in [1.29, 1.82) is 0 Å². The van der Waals surface area contributed by atoms with Gasteiger partial charge in [0.05, 0.1) is 5.92 Å². The molecule has 4 heteroatoms. The summed E-state index contributed by atoms with van der Waals surface area (Å²) in [5.74, 6) is -1.50. The average molecular weight is 272 g/mol. The van der Waals surface area contributed by atoms with Gasteiger partial charge in [0.2, 0.25) is 0 Å². The summed E-state index contributed by atoms with van der Waals surface area (Å²) in [6.45, 7) is 2.17. The predicted molar refractivity (Wildman–Crippen MR) is 63.0 cm³/mol. The molecule has 0 amide bonds. The number of hydrogen-bond acceptors (Lipinski definition) is 2. The second kappa shape index (κ2) is 5.28. The Kier molecular flexibility index (Phi) is 4.29. The van der Waals surface area contributed by atoms with Gasteiger partial charge in [-0.05, 0) is 23.6 Å². The van der Waals surface area contributed by atoms with E-state index in [0.29, 0.717) is 0 Å². The van der Waals surface area contributed by atoms with Crippen LogP contribution in [0.4, 0.5) is 0 Å². The highest BCUT2D eigenvalue weighted by Crippen LogP contribution is 2.23. The molecular weight excluding hydrogens is 258 g/mol. The molecule has 1 unspecified atom stereocenters. The standard InChI is InChI=1S/C11H14BrNO2/c1-2-7-3-4-8(5-10(7)12)9(6-13)11(14)15/h3-5,9H,2,6,13H2,1H3,(H,14,15). The van der Waals surface area contributed by atoms with E-state index in [4.69, 9.17) is 10.8 Å². The van der Waals surface area contributed by atoms with Crippen LogP contribution in [0.2, 0.25) is 0 Å². The summed E-state index contributed by atoms with van der Waals surface area (Å²) in [7, 11) is 0. The van der Waals surface area contributed by atoms with Crippen molar-refractivity contribution in [3.05, 3.63) is 33.8 Å². The Balaban J connectivity index is 3.05. The molecule has 1 aromatic rings. The summed E-state index contributed by atoms with van der Waals surface area (Å²) in [4.78, 5) is 10.9. The Morgan fingerprint density at radius 2 is 2.27 bits per heavy atom. The van der Waals surface area contributed by atoms with Gasteiger partial charge in [0, 0.05) is 11.0 Å². The summed E-state index contributed by atoms with van der Waals surface area (Å²) in [5.41, 5.74) is 7.34. The quantitative estimate of drug-likeness (QED) is 0.882. The van der Waals surface area contributed by atoms with Gasteiger partial charge < -0.3 is 10.8 Å². The van der Waals surface area contributed by atoms with Crippen LogP contribution < -0.4 is 5.73 Å². The largest absolute Gasteiger partial charge is 0.481 e. The Hall–Kier alpha value is -0.870. The Morgan fingerprint density at radius 3 is 2.67 bits per heavy atom. The average Bonchev–Trinajstić information content (AvgIpc) is 2.18. The number of nitrogens with two attached hydrogens (primary N) is 1. The fraction of sp³-hybridized carbons (Fsp3) is 0.364. The van der Waals surface area contributed by atoms with Crippen LogP contribution in [0.25, 0.3) is 0 Å². The molecule has 82 valence electrons. The van der Waals surface area contributed by atoms with Gasteiger partial charge in [-0.2, -0.15) is 0 Å². The maximum atomic E-state index is 10.9. The van der Waals surface area contributed by atoms with E-state index in [1.807, 2.05) is 18.2 Å². The topological polar surface area (TPSA) is 63.3 Å². The molecule has 15 heavy (non-hydrogen) atoms. The first-order valence-corrected chi connectivity index (χ1v) is 5.60. The smallest absolute Gasteiger partial charge is 0.312 e. The molecule has 1 atom stereocenters. The van der Waals surface area contributed by atoms with Gasteiger partial charge in [-0.3, -0.25) is 4.79 Å². The zero-order valence-corrected chi connectivity index (χ0v) is 10.1. The van der Waals surface area contributed by atoms with E-state index in [9.17, 15) is 4.79 Å². The monoisotopic (exact) mass is 271 g/mol. The molecular formula is C11H14BrNO2. The van der Waals surface area contributed by atoms with Crippen molar-refractivity contribution in [2.24, 2.45) is 5.73 Å². The maximum absolute atomic E-state index is 10.9. The fourth-order valence-electron chi connectivity index (χ4n) is 1.45. The molecule has 0 spiro atoms. The Bertz CT molecular complexity index is 366. The molecule has 0 heterocycles. The first kappa shape index (κ1) is 12.2. The van der Waals surface area contributed by atoms with Crippen molar-refractivity contribution in [2.75, 3.05) is 6.54 Å². The van der Waals surface area contributed by atoms with Crippen molar-refractivity contribution >= 4 is 21.9 Å².